The van der Waals surface area contributed by atoms with E-state index in [1.54, 1.807) is 0 Å². The molecule has 178 valence electrons. The second-order valence-corrected chi connectivity index (χ2v) is 9.04. The molecular formula is C31H34N3O+. The standard InChI is InChI=1S/C31H34N3O/c1-2-3-7-27-14-16-30(17-15-27)31(35-24-29-12-10-28(22-32)11-13-29)23-34-21-20-33(25-34)19-18-26-8-5-4-6-9-26/h4-6,8-17,20-21,25,31H,2-3,7,18-19,23-24H2,1H3/q+1. The summed E-state index contributed by atoms with van der Waals surface area (Å²) < 4.78 is 10.9. The summed E-state index contributed by atoms with van der Waals surface area (Å²) in [5.74, 6) is 0. The van der Waals surface area contributed by atoms with Crippen LogP contribution in [0.3, 0.4) is 0 Å². The summed E-state index contributed by atoms with van der Waals surface area (Å²) in [5, 5.41) is 9.05. The summed E-state index contributed by atoms with van der Waals surface area (Å²) in [7, 11) is 0. The predicted molar refractivity (Wildman–Crippen MR) is 139 cm³/mol. The first-order valence-corrected chi connectivity index (χ1v) is 12.5. The molecule has 4 nitrogen and oxygen atoms in total. The molecule has 0 radical (unpaired) electrons. The smallest absolute Gasteiger partial charge is 0.243 e. The van der Waals surface area contributed by atoms with Crippen molar-refractivity contribution in [1.29, 1.82) is 5.26 Å². The van der Waals surface area contributed by atoms with Crippen LogP contribution in [0.4, 0.5) is 0 Å². The lowest BCUT2D eigenvalue weighted by Crippen LogP contribution is -2.35. The molecule has 0 aliphatic heterocycles. The number of imidazole rings is 1. The van der Waals surface area contributed by atoms with Gasteiger partial charge < -0.3 is 4.74 Å². The van der Waals surface area contributed by atoms with E-state index >= 15 is 0 Å². The lowest BCUT2D eigenvalue weighted by Gasteiger charge is -2.17. The number of aryl methyl sites for hydroxylation is 3. The number of nitrogens with zero attached hydrogens (tertiary/aromatic N) is 3. The fourth-order valence-corrected chi connectivity index (χ4v) is 4.18. The maximum absolute atomic E-state index is 9.05. The maximum atomic E-state index is 9.05. The molecule has 1 aromatic heterocycles. The van der Waals surface area contributed by atoms with Gasteiger partial charge in [-0.15, -0.1) is 0 Å². The van der Waals surface area contributed by atoms with Gasteiger partial charge in [-0.2, -0.15) is 5.26 Å². The van der Waals surface area contributed by atoms with Crippen molar-refractivity contribution >= 4 is 0 Å². The number of benzene rings is 3. The summed E-state index contributed by atoms with van der Waals surface area (Å²) in [6, 6.07) is 29.3. The zero-order valence-electron chi connectivity index (χ0n) is 20.5. The molecular weight excluding hydrogens is 430 g/mol. The van der Waals surface area contributed by atoms with Gasteiger partial charge in [0.15, 0.2) is 0 Å². The number of rotatable bonds is 12. The third-order valence-electron chi connectivity index (χ3n) is 6.33. The van der Waals surface area contributed by atoms with Crippen LogP contribution in [0.15, 0.2) is 97.6 Å². The summed E-state index contributed by atoms with van der Waals surface area (Å²) in [4.78, 5) is 0. The van der Waals surface area contributed by atoms with Gasteiger partial charge >= 0.3 is 0 Å². The van der Waals surface area contributed by atoms with Crippen molar-refractivity contribution in [3.8, 4) is 6.07 Å². The van der Waals surface area contributed by atoms with E-state index in [4.69, 9.17) is 10.00 Å². The maximum Gasteiger partial charge on any atom is 0.243 e. The van der Waals surface area contributed by atoms with Crippen LogP contribution in [0.1, 0.15) is 53.7 Å². The van der Waals surface area contributed by atoms with Gasteiger partial charge in [0, 0.05) is 6.42 Å². The first kappa shape index (κ1) is 24.4. The van der Waals surface area contributed by atoms with Crippen molar-refractivity contribution in [1.82, 2.24) is 4.57 Å². The number of unbranched alkanes of at least 4 members (excludes halogenated alkanes) is 1. The fraction of sp³-hybridized carbons (Fsp3) is 0.290. The van der Waals surface area contributed by atoms with Gasteiger partial charge in [-0.3, -0.25) is 0 Å². The first-order valence-electron chi connectivity index (χ1n) is 12.5. The van der Waals surface area contributed by atoms with Crippen LogP contribution in [0.2, 0.25) is 0 Å². The third-order valence-corrected chi connectivity index (χ3v) is 6.33. The van der Waals surface area contributed by atoms with Gasteiger partial charge in [0.1, 0.15) is 25.0 Å². The zero-order valence-corrected chi connectivity index (χ0v) is 20.5. The van der Waals surface area contributed by atoms with E-state index in [2.05, 4.69) is 95.4 Å². The van der Waals surface area contributed by atoms with Crippen LogP contribution in [0.5, 0.6) is 0 Å². The van der Waals surface area contributed by atoms with E-state index in [0.29, 0.717) is 12.2 Å². The minimum absolute atomic E-state index is 0.0687. The minimum Gasteiger partial charge on any atom is -0.365 e. The van der Waals surface area contributed by atoms with E-state index in [0.717, 1.165) is 31.5 Å². The number of hydrogen-bond donors (Lipinski definition) is 0. The zero-order chi connectivity index (χ0) is 24.3. The molecule has 0 saturated heterocycles. The molecule has 0 amide bonds. The molecule has 0 aliphatic rings. The van der Waals surface area contributed by atoms with Crippen molar-refractivity contribution in [2.24, 2.45) is 0 Å². The van der Waals surface area contributed by atoms with Crippen molar-refractivity contribution in [2.45, 2.75) is 58.4 Å². The number of ether oxygens (including phenoxy) is 1. The van der Waals surface area contributed by atoms with Crippen molar-refractivity contribution in [2.75, 3.05) is 0 Å². The van der Waals surface area contributed by atoms with Crippen LogP contribution in [-0.4, -0.2) is 4.57 Å². The topological polar surface area (TPSA) is 41.8 Å². The van der Waals surface area contributed by atoms with Gasteiger partial charge in [-0.05, 0) is 47.2 Å². The van der Waals surface area contributed by atoms with E-state index in [-0.39, 0.29) is 6.10 Å². The largest absolute Gasteiger partial charge is 0.365 e. The molecule has 35 heavy (non-hydrogen) atoms. The number of nitriles is 1. The Kier molecular flexibility index (Phi) is 8.86. The monoisotopic (exact) mass is 464 g/mol. The van der Waals surface area contributed by atoms with Crippen LogP contribution in [0.25, 0.3) is 0 Å². The second-order valence-electron chi connectivity index (χ2n) is 9.04. The first-order chi connectivity index (χ1) is 17.2. The van der Waals surface area contributed by atoms with Crippen LogP contribution in [-0.2, 0) is 37.3 Å². The van der Waals surface area contributed by atoms with E-state index in [1.165, 1.54) is 29.5 Å². The third kappa shape index (κ3) is 7.40. The predicted octanol–water partition coefficient (Wildman–Crippen LogP) is 6.19. The highest BCUT2D eigenvalue weighted by Gasteiger charge is 2.17. The average molecular weight is 465 g/mol. The SMILES string of the molecule is CCCCc1ccc(C(C[n+]2ccn(CCc3ccccc3)c2)OCc2ccc(C#N)cc2)cc1. The molecule has 1 heterocycles. The molecule has 4 aromatic rings. The van der Waals surface area contributed by atoms with Crippen molar-refractivity contribution in [3.05, 3.63) is 125 Å². The Labute approximate surface area is 209 Å². The van der Waals surface area contributed by atoms with Gasteiger partial charge in [-0.1, -0.05) is 80.1 Å². The Morgan fingerprint density at radius 1 is 0.886 bits per heavy atom. The van der Waals surface area contributed by atoms with Gasteiger partial charge in [0.2, 0.25) is 6.33 Å². The lowest BCUT2D eigenvalue weighted by atomic mass is 10.0. The van der Waals surface area contributed by atoms with Gasteiger partial charge in [0.25, 0.3) is 0 Å². The minimum atomic E-state index is -0.0687. The normalized spacial score (nSPS) is 11.8. The molecule has 0 aliphatic carbocycles. The molecule has 0 spiro atoms. The Balaban J connectivity index is 1.44. The summed E-state index contributed by atoms with van der Waals surface area (Å²) in [6.07, 6.45) is 10.9. The van der Waals surface area contributed by atoms with Crippen LogP contribution < -0.4 is 4.57 Å². The molecule has 4 rings (SSSR count). The van der Waals surface area contributed by atoms with Crippen molar-refractivity contribution in [3.63, 3.8) is 0 Å². The summed E-state index contributed by atoms with van der Waals surface area (Å²) >= 11 is 0. The average Bonchev–Trinajstić information content (AvgIpc) is 3.37. The summed E-state index contributed by atoms with van der Waals surface area (Å²) in [6.45, 7) is 4.41. The van der Waals surface area contributed by atoms with E-state index in [1.807, 2.05) is 24.3 Å². The Hall–Kier alpha value is -3.68. The fourth-order valence-electron chi connectivity index (χ4n) is 4.18. The van der Waals surface area contributed by atoms with E-state index in [9.17, 15) is 0 Å². The highest BCUT2D eigenvalue weighted by atomic mass is 16.5. The highest BCUT2D eigenvalue weighted by Crippen LogP contribution is 2.21. The molecule has 1 unspecified atom stereocenters. The molecule has 0 fully saturated rings. The van der Waals surface area contributed by atoms with Gasteiger partial charge in [-0.25, -0.2) is 9.13 Å². The number of hydrogen-bond acceptors (Lipinski definition) is 2. The Morgan fingerprint density at radius 3 is 2.31 bits per heavy atom. The van der Waals surface area contributed by atoms with Crippen molar-refractivity contribution < 1.29 is 9.30 Å². The quantitative estimate of drug-likeness (QED) is 0.235. The molecule has 0 bridgehead atoms. The van der Waals surface area contributed by atoms with Gasteiger partial charge in [0.05, 0.1) is 24.8 Å². The highest BCUT2D eigenvalue weighted by molar-refractivity contribution is 5.31. The van der Waals surface area contributed by atoms with E-state index < -0.39 is 0 Å². The van der Waals surface area contributed by atoms with Crippen LogP contribution >= 0.6 is 0 Å². The molecule has 0 saturated carbocycles. The Morgan fingerprint density at radius 2 is 1.60 bits per heavy atom. The lowest BCUT2D eigenvalue weighted by molar-refractivity contribution is -0.704. The molecule has 1 atom stereocenters. The molecule has 4 heteroatoms. The molecule has 0 N–H and O–H groups in total. The summed E-state index contributed by atoms with van der Waals surface area (Å²) in [5.41, 5.74) is 5.64. The van der Waals surface area contributed by atoms with Crippen LogP contribution in [0, 0.1) is 11.3 Å². The number of aromatic nitrogens is 2. The Bertz CT molecular complexity index is 1200. The molecule has 3 aromatic carbocycles. The second kappa shape index (κ2) is 12.7.